The van der Waals surface area contributed by atoms with Crippen LogP contribution in [0.5, 0.6) is 0 Å². The molecule has 0 radical (unpaired) electrons. The van der Waals surface area contributed by atoms with Crippen molar-refractivity contribution in [3.8, 4) is 0 Å². The second-order valence-corrected chi connectivity index (χ2v) is 11.0. The summed E-state index contributed by atoms with van der Waals surface area (Å²) in [6.07, 6.45) is 5.71. The highest BCUT2D eigenvalue weighted by Crippen LogP contribution is 2.41. The highest BCUT2D eigenvalue weighted by atomic mass is 35.5. The van der Waals surface area contributed by atoms with E-state index < -0.39 is 23.5 Å². The summed E-state index contributed by atoms with van der Waals surface area (Å²) in [5, 5.41) is 20.5. The van der Waals surface area contributed by atoms with Gasteiger partial charge in [0, 0.05) is 23.5 Å². The van der Waals surface area contributed by atoms with Crippen LogP contribution in [-0.4, -0.2) is 53.3 Å². The van der Waals surface area contributed by atoms with Gasteiger partial charge in [0.1, 0.15) is 5.82 Å². The summed E-state index contributed by atoms with van der Waals surface area (Å²) in [5.74, 6) is -0.154. The summed E-state index contributed by atoms with van der Waals surface area (Å²) in [5.41, 5.74) is 2.05. The van der Waals surface area contributed by atoms with Crippen LogP contribution in [0.2, 0.25) is 5.02 Å². The number of halogens is 2. The molecule has 1 saturated heterocycles. The van der Waals surface area contributed by atoms with Gasteiger partial charge >= 0.3 is 0 Å². The summed E-state index contributed by atoms with van der Waals surface area (Å²) in [7, 11) is 1.90. The zero-order chi connectivity index (χ0) is 27.4. The van der Waals surface area contributed by atoms with Gasteiger partial charge in [-0.25, -0.2) is 4.39 Å². The van der Waals surface area contributed by atoms with Crippen LogP contribution >= 0.6 is 11.6 Å². The Morgan fingerprint density at radius 2 is 1.97 bits per heavy atom. The van der Waals surface area contributed by atoms with Crippen molar-refractivity contribution in [3.63, 3.8) is 0 Å². The Bertz CT molecular complexity index is 1270. The zero-order valence-electron chi connectivity index (χ0n) is 22.0. The van der Waals surface area contributed by atoms with Crippen LogP contribution in [0.1, 0.15) is 43.4 Å². The van der Waals surface area contributed by atoms with Crippen LogP contribution < -0.4 is 16.0 Å². The highest BCUT2D eigenvalue weighted by Gasteiger charge is 2.38. The number of anilines is 2. The Morgan fingerprint density at radius 1 is 1.18 bits per heavy atom. The lowest BCUT2D eigenvalue weighted by molar-refractivity contribution is -0.120. The first-order valence-corrected chi connectivity index (χ1v) is 13.9. The van der Waals surface area contributed by atoms with E-state index in [1.807, 2.05) is 42.3 Å². The van der Waals surface area contributed by atoms with Gasteiger partial charge in [-0.3, -0.25) is 14.7 Å². The monoisotopic (exact) mass is 551 g/mol. The number of aromatic nitrogens is 1. The Labute approximate surface area is 233 Å². The van der Waals surface area contributed by atoms with E-state index in [2.05, 4.69) is 20.9 Å². The van der Waals surface area contributed by atoms with E-state index in [0.717, 1.165) is 29.8 Å². The molecule has 2 heterocycles. The second-order valence-electron chi connectivity index (χ2n) is 10.6. The minimum absolute atomic E-state index is 0.117. The molecule has 2 aliphatic rings. The van der Waals surface area contributed by atoms with E-state index in [0.29, 0.717) is 24.2 Å². The van der Waals surface area contributed by atoms with Crippen LogP contribution in [0.25, 0.3) is 0 Å². The third-order valence-corrected chi connectivity index (χ3v) is 8.14. The van der Waals surface area contributed by atoms with Crippen molar-refractivity contribution >= 4 is 28.9 Å². The van der Waals surface area contributed by atoms with Crippen molar-refractivity contribution in [3.05, 3.63) is 89.0 Å². The maximum atomic E-state index is 15.1. The third-order valence-electron chi connectivity index (χ3n) is 7.88. The topological polar surface area (TPSA) is 89.5 Å². The minimum atomic E-state index is -0.646. The normalized spacial score (nSPS) is 20.9. The number of nitrogens with one attached hydrogen (secondary N) is 3. The van der Waals surface area contributed by atoms with Crippen molar-refractivity contribution in [2.45, 2.75) is 49.8 Å². The Hall–Kier alpha value is -3.04. The number of hydrogen-bond donors (Lipinski definition) is 4. The van der Waals surface area contributed by atoms with E-state index in [1.54, 1.807) is 30.5 Å². The zero-order valence-corrected chi connectivity index (χ0v) is 22.8. The van der Waals surface area contributed by atoms with Gasteiger partial charge in [0.2, 0.25) is 5.91 Å². The maximum Gasteiger partial charge on any atom is 0.241 e. The van der Waals surface area contributed by atoms with Crippen molar-refractivity contribution in [1.82, 2.24) is 15.2 Å². The molecule has 3 atom stereocenters. The van der Waals surface area contributed by atoms with E-state index >= 15 is 4.39 Å². The smallest absolute Gasteiger partial charge is 0.241 e. The predicted octanol–water partition coefficient (Wildman–Crippen LogP) is 4.97. The number of likely N-dealkylation sites (tertiary alicyclic amines) is 1. The van der Waals surface area contributed by atoms with Gasteiger partial charge < -0.3 is 21.1 Å². The molecule has 7 nitrogen and oxygen atoms in total. The molecule has 2 fully saturated rings. The highest BCUT2D eigenvalue weighted by molar-refractivity contribution is 6.30. The summed E-state index contributed by atoms with van der Waals surface area (Å²) in [6.45, 7) is 0.688. The molecular formula is C30H35ClFN5O2. The van der Waals surface area contributed by atoms with Gasteiger partial charge in [0.15, 0.2) is 0 Å². The SMILES string of the molecule is CNC(CCC1CC1)(c1ccc(F)c(NC(=O)[C@H]2C[C@@H](O)CN2CNc2ccc(Cl)cc2)c1)c1ccccn1. The van der Waals surface area contributed by atoms with Crippen LogP contribution in [0.4, 0.5) is 15.8 Å². The standard InChI is InChI=1S/C30H35ClFN5O2/c1-33-30(14-13-20-5-6-20,28-4-2-3-15-34-28)21-7-12-25(32)26(16-21)36-29(39)27-17-24(38)18-37(27)19-35-23-10-8-22(31)9-11-23/h2-4,7-12,15-16,20,24,27,33,35,38H,5-6,13-14,17-19H2,1H3,(H,36,39)/t24-,27-,30?/m1/s1. The number of β-amino-alcohol motifs (C(OH)–C–C–N with tert-alkyl or cyclic N) is 1. The summed E-state index contributed by atoms with van der Waals surface area (Å²) in [6, 6.07) is 17.4. The fraction of sp³-hybridized carbons (Fsp3) is 0.400. The average molecular weight is 552 g/mol. The number of carbonyl (C=O) groups excluding carboxylic acids is 1. The predicted molar refractivity (Wildman–Crippen MR) is 152 cm³/mol. The maximum absolute atomic E-state index is 15.1. The lowest BCUT2D eigenvalue weighted by Crippen LogP contribution is -2.43. The quantitative estimate of drug-likeness (QED) is 0.269. The van der Waals surface area contributed by atoms with Crippen molar-refractivity contribution in [1.29, 1.82) is 0 Å². The fourth-order valence-electron chi connectivity index (χ4n) is 5.45. The van der Waals surface area contributed by atoms with Gasteiger partial charge in [-0.2, -0.15) is 0 Å². The van der Waals surface area contributed by atoms with Crippen molar-refractivity contribution < 1.29 is 14.3 Å². The van der Waals surface area contributed by atoms with E-state index in [9.17, 15) is 9.90 Å². The molecule has 1 aliphatic carbocycles. The molecule has 1 amide bonds. The molecule has 1 unspecified atom stereocenters. The number of carbonyl (C=O) groups is 1. The number of benzene rings is 2. The van der Waals surface area contributed by atoms with Gasteiger partial charge in [-0.05, 0) is 86.3 Å². The molecule has 0 bridgehead atoms. The molecule has 39 heavy (non-hydrogen) atoms. The molecule has 3 aromatic rings. The molecule has 5 rings (SSSR count). The number of aliphatic hydroxyl groups excluding tert-OH is 1. The molecular weight excluding hydrogens is 517 g/mol. The van der Waals surface area contributed by atoms with Gasteiger partial charge in [-0.15, -0.1) is 0 Å². The average Bonchev–Trinajstić information content (AvgIpc) is 3.70. The Balaban J connectivity index is 1.35. The largest absolute Gasteiger partial charge is 0.392 e. The van der Waals surface area contributed by atoms with Crippen LogP contribution in [0, 0.1) is 11.7 Å². The number of aliphatic hydroxyl groups is 1. The number of nitrogens with zero attached hydrogens (tertiary/aromatic N) is 2. The lowest BCUT2D eigenvalue weighted by Gasteiger charge is -2.34. The molecule has 1 saturated carbocycles. The number of rotatable bonds is 11. The number of pyridine rings is 1. The van der Waals surface area contributed by atoms with Crippen molar-refractivity contribution in [2.24, 2.45) is 5.92 Å². The molecule has 2 aromatic carbocycles. The van der Waals surface area contributed by atoms with Crippen LogP contribution in [0.3, 0.4) is 0 Å². The lowest BCUT2D eigenvalue weighted by atomic mass is 9.81. The summed E-state index contributed by atoms with van der Waals surface area (Å²) in [4.78, 5) is 19.9. The van der Waals surface area contributed by atoms with Gasteiger partial charge in [-0.1, -0.05) is 36.6 Å². The molecule has 4 N–H and O–H groups in total. The number of amides is 1. The first-order chi connectivity index (χ1) is 18.9. The summed E-state index contributed by atoms with van der Waals surface area (Å²) < 4.78 is 15.1. The Kier molecular flexibility index (Phi) is 8.47. The van der Waals surface area contributed by atoms with Crippen LogP contribution in [-0.2, 0) is 10.3 Å². The van der Waals surface area contributed by atoms with Gasteiger partial charge in [0.05, 0.1) is 35.7 Å². The molecule has 206 valence electrons. The van der Waals surface area contributed by atoms with E-state index in [1.165, 1.54) is 18.9 Å². The molecule has 1 aromatic heterocycles. The second kappa shape index (κ2) is 12.0. The van der Waals surface area contributed by atoms with Gasteiger partial charge in [0.25, 0.3) is 0 Å². The fourth-order valence-corrected chi connectivity index (χ4v) is 5.58. The molecule has 1 aliphatic heterocycles. The van der Waals surface area contributed by atoms with Crippen molar-refractivity contribution in [2.75, 3.05) is 30.9 Å². The first-order valence-electron chi connectivity index (χ1n) is 13.5. The van der Waals surface area contributed by atoms with E-state index in [-0.39, 0.29) is 18.0 Å². The minimum Gasteiger partial charge on any atom is -0.392 e. The third kappa shape index (κ3) is 6.41. The van der Waals surface area contributed by atoms with E-state index in [4.69, 9.17) is 11.6 Å². The Morgan fingerprint density at radius 3 is 2.67 bits per heavy atom. The number of hydrogen-bond acceptors (Lipinski definition) is 6. The molecule has 0 spiro atoms. The molecule has 9 heteroatoms. The first kappa shape index (κ1) is 27.5. The summed E-state index contributed by atoms with van der Waals surface area (Å²) >= 11 is 5.97. The van der Waals surface area contributed by atoms with Crippen LogP contribution in [0.15, 0.2) is 66.9 Å².